The van der Waals surface area contributed by atoms with Gasteiger partial charge in [-0.25, -0.2) is 4.98 Å². The molecule has 1 saturated carbocycles. The Morgan fingerprint density at radius 3 is 2.70 bits per heavy atom. The molecule has 1 fully saturated rings. The van der Waals surface area contributed by atoms with Crippen LogP contribution in [0.2, 0.25) is 0 Å². The van der Waals surface area contributed by atoms with Gasteiger partial charge in [0.05, 0.1) is 5.69 Å². The first-order valence-electron chi connectivity index (χ1n) is 11.9. The van der Waals surface area contributed by atoms with Gasteiger partial charge in [0.1, 0.15) is 21.3 Å². The summed E-state index contributed by atoms with van der Waals surface area (Å²) in [5.41, 5.74) is 7.51. The summed E-state index contributed by atoms with van der Waals surface area (Å²) in [6, 6.07) is 8.41. The lowest BCUT2D eigenvalue weighted by atomic mass is 9.45. The molecule has 0 radical (unpaired) electrons. The highest BCUT2D eigenvalue weighted by Gasteiger charge is 2.33. The molecule has 0 amide bonds. The largest absolute Gasteiger partial charge is 0.437 e. The molecule has 3 nitrogen and oxygen atoms in total. The number of nitrogens with zero attached hydrogens (tertiary/aromatic N) is 2. The van der Waals surface area contributed by atoms with E-state index in [0.29, 0.717) is 11.6 Å². The highest BCUT2D eigenvalue weighted by Crippen LogP contribution is 2.43. The van der Waals surface area contributed by atoms with E-state index in [1.54, 1.807) is 6.20 Å². The molecule has 1 aliphatic rings. The molecule has 0 atom stereocenters. The van der Waals surface area contributed by atoms with Gasteiger partial charge in [-0.15, -0.1) is 6.42 Å². The topological polar surface area (TPSA) is 38.9 Å². The average Bonchev–Trinajstić information content (AvgIpc) is 3.48. The first kappa shape index (κ1) is 21.6. The number of hydrogen-bond acceptors (Lipinski definition) is 3. The lowest BCUT2D eigenvalue weighted by Gasteiger charge is -2.32. The number of hydrogen-bond donors (Lipinski definition) is 0. The fraction of sp³-hybridized carbons (Fsp3) is 0.286. The Morgan fingerprint density at radius 2 is 1.97 bits per heavy atom. The van der Waals surface area contributed by atoms with Crippen molar-refractivity contribution in [2.75, 3.05) is 0 Å². The molecule has 4 aromatic rings. The van der Waals surface area contributed by atoms with Gasteiger partial charge < -0.3 is 4.42 Å². The Kier molecular flexibility index (Phi) is 5.41. The van der Waals surface area contributed by atoms with Crippen LogP contribution in [0, 0.1) is 25.2 Å². The van der Waals surface area contributed by atoms with Crippen molar-refractivity contribution in [3.8, 4) is 23.6 Å². The zero-order chi connectivity index (χ0) is 23.2. The molecule has 162 valence electrons. The Labute approximate surface area is 197 Å². The second kappa shape index (κ2) is 8.27. The molecule has 33 heavy (non-hydrogen) atoms. The Morgan fingerprint density at radius 1 is 1.18 bits per heavy atom. The van der Waals surface area contributed by atoms with E-state index in [-0.39, 0.29) is 5.21 Å². The molecule has 0 spiro atoms. The lowest BCUT2D eigenvalue weighted by molar-refractivity contribution is 0.486. The van der Waals surface area contributed by atoms with Crippen LogP contribution in [-0.4, -0.2) is 25.7 Å². The minimum Gasteiger partial charge on any atom is -0.437 e. The van der Waals surface area contributed by atoms with Crippen molar-refractivity contribution in [1.29, 1.82) is 0 Å². The van der Waals surface area contributed by atoms with Crippen LogP contribution in [-0.2, 0) is 5.21 Å². The summed E-state index contributed by atoms with van der Waals surface area (Å²) in [7, 11) is 4.75. The fourth-order valence-electron chi connectivity index (χ4n) is 5.68. The summed E-state index contributed by atoms with van der Waals surface area (Å²) in [5, 5.41) is 2.07. The van der Waals surface area contributed by atoms with Crippen LogP contribution in [0.25, 0.3) is 39.4 Å². The van der Waals surface area contributed by atoms with Gasteiger partial charge in [-0.05, 0) is 49.6 Å². The Balaban J connectivity index is 1.82. The summed E-state index contributed by atoms with van der Waals surface area (Å²) in [4.78, 5) is 9.30. The molecule has 5 heteroatoms. The van der Waals surface area contributed by atoms with Crippen LogP contribution in [0.3, 0.4) is 0 Å². The van der Waals surface area contributed by atoms with E-state index in [0.717, 1.165) is 44.3 Å². The molecule has 0 N–H and O–H groups in total. The van der Waals surface area contributed by atoms with E-state index in [4.69, 9.17) is 15.8 Å². The highest BCUT2D eigenvalue weighted by atomic mass is 16.3. The Bertz CT molecular complexity index is 1440. The monoisotopic (exact) mass is 430 g/mol. The standard InChI is InChI=1S/C28H28B2N2O/c1-4-9-21-20(5-2)17(3)24(26-25(21)22-12-8-14-32-27(22)33-26)23-16-19(13-15-31-23)28(29,30)18-10-6-7-11-18/h2,4,8-9,12-16,18H,6-7,10-11,29-30H2,1,3H3/b9-4-. The molecule has 0 bridgehead atoms. The van der Waals surface area contributed by atoms with Gasteiger partial charge in [-0.3, -0.25) is 4.98 Å². The fourth-order valence-corrected chi connectivity index (χ4v) is 5.68. The van der Waals surface area contributed by atoms with Crippen molar-refractivity contribution >= 4 is 43.8 Å². The smallest absolute Gasteiger partial charge is 0.227 e. The number of furan rings is 1. The molecule has 1 aliphatic carbocycles. The summed E-state index contributed by atoms with van der Waals surface area (Å²) >= 11 is 0. The van der Waals surface area contributed by atoms with Crippen LogP contribution in [0.4, 0.5) is 0 Å². The van der Waals surface area contributed by atoms with Gasteiger partial charge in [0.25, 0.3) is 0 Å². The van der Waals surface area contributed by atoms with E-state index in [1.165, 1.54) is 31.2 Å². The Hall–Kier alpha value is -3.25. The van der Waals surface area contributed by atoms with E-state index in [1.807, 2.05) is 31.3 Å². The number of rotatable bonds is 4. The van der Waals surface area contributed by atoms with Crippen molar-refractivity contribution in [3.05, 3.63) is 65.0 Å². The highest BCUT2D eigenvalue weighted by molar-refractivity contribution is 6.40. The summed E-state index contributed by atoms with van der Waals surface area (Å²) in [5.74, 6) is 3.65. The van der Waals surface area contributed by atoms with E-state index >= 15 is 0 Å². The van der Waals surface area contributed by atoms with Crippen molar-refractivity contribution in [2.45, 2.75) is 44.7 Å². The maximum absolute atomic E-state index is 6.38. The first-order valence-corrected chi connectivity index (χ1v) is 11.9. The van der Waals surface area contributed by atoms with Crippen LogP contribution in [0.15, 0.2) is 47.2 Å². The number of benzene rings is 1. The zero-order valence-electron chi connectivity index (χ0n) is 19.9. The summed E-state index contributed by atoms with van der Waals surface area (Å²) in [6.07, 6.45) is 19.1. The van der Waals surface area contributed by atoms with Gasteiger partial charge in [0, 0.05) is 39.9 Å². The van der Waals surface area contributed by atoms with E-state index in [9.17, 15) is 0 Å². The van der Waals surface area contributed by atoms with Gasteiger partial charge in [-0.2, -0.15) is 0 Å². The number of fused-ring (bicyclic) bond motifs is 3. The van der Waals surface area contributed by atoms with Crippen LogP contribution in [0.1, 0.15) is 54.9 Å². The van der Waals surface area contributed by atoms with Crippen molar-refractivity contribution in [1.82, 2.24) is 9.97 Å². The molecule has 0 unspecified atom stereocenters. The quantitative estimate of drug-likeness (QED) is 0.339. The SMILES string of the molecule is BC(B)(c1ccnc(-c2c(C)c(C#C)c(/C=C\C)c3c2oc2ncccc23)c1)C1CCCC1. The van der Waals surface area contributed by atoms with Gasteiger partial charge in [-0.1, -0.05) is 54.5 Å². The van der Waals surface area contributed by atoms with Crippen LogP contribution < -0.4 is 0 Å². The van der Waals surface area contributed by atoms with E-state index < -0.39 is 0 Å². The third-order valence-corrected chi connectivity index (χ3v) is 7.60. The average molecular weight is 430 g/mol. The van der Waals surface area contributed by atoms with Crippen molar-refractivity contribution < 1.29 is 4.42 Å². The predicted octanol–water partition coefficient (Wildman–Crippen LogP) is 4.98. The van der Waals surface area contributed by atoms with Gasteiger partial charge in [0.2, 0.25) is 5.71 Å². The first-order chi connectivity index (χ1) is 16.0. The molecule has 1 aromatic carbocycles. The number of pyridine rings is 2. The third-order valence-electron chi connectivity index (χ3n) is 7.60. The molecule has 3 aromatic heterocycles. The minimum atomic E-state index is 0.0937. The van der Waals surface area contributed by atoms with Crippen molar-refractivity contribution in [3.63, 3.8) is 0 Å². The number of aromatic nitrogens is 2. The second-order valence-electron chi connectivity index (χ2n) is 9.73. The number of allylic oxidation sites excluding steroid dienone is 1. The summed E-state index contributed by atoms with van der Waals surface area (Å²) < 4.78 is 6.38. The normalized spacial score (nSPS) is 15.1. The van der Waals surface area contributed by atoms with Crippen LogP contribution in [0.5, 0.6) is 0 Å². The molecular weight excluding hydrogens is 402 g/mol. The molecule has 0 saturated heterocycles. The predicted molar refractivity (Wildman–Crippen MR) is 143 cm³/mol. The maximum atomic E-state index is 6.38. The molecule has 0 aliphatic heterocycles. The maximum Gasteiger partial charge on any atom is 0.227 e. The van der Waals surface area contributed by atoms with Crippen LogP contribution >= 0.6 is 0 Å². The minimum absolute atomic E-state index is 0.0937. The van der Waals surface area contributed by atoms with Gasteiger partial charge in [0.15, 0.2) is 0 Å². The third kappa shape index (κ3) is 3.40. The van der Waals surface area contributed by atoms with Crippen molar-refractivity contribution in [2.24, 2.45) is 5.92 Å². The lowest BCUT2D eigenvalue weighted by Crippen LogP contribution is -2.35. The number of terminal acetylenes is 1. The zero-order valence-corrected chi connectivity index (χ0v) is 19.9. The molecular formula is C28H28B2N2O. The molecule has 5 rings (SSSR count). The van der Waals surface area contributed by atoms with Gasteiger partial charge >= 0.3 is 0 Å². The summed E-state index contributed by atoms with van der Waals surface area (Å²) in [6.45, 7) is 4.08. The van der Waals surface area contributed by atoms with E-state index in [2.05, 4.69) is 51.7 Å². The second-order valence-corrected chi connectivity index (χ2v) is 9.73. The molecule has 3 heterocycles.